The van der Waals surface area contributed by atoms with E-state index < -0.39 is 0 Å². The Morgan fingerprint density at radius 3 is 2.26 bits per heavy atom. The van der Waals surface area contributed by atoms with E-state index in [9.17, 15) is 9.59 Å². The van der Waals surface area contributed by atoms with Gasteiger partial charge in [0.05, 0.1) is 11.0 Å². The number of fused-ring (bicyclic) bond motifs is 1. The lowest BCUT2D eigenvalue weighted by atomic mass is 10.1. The molecule has 0 spiro atoms. The standard InChI is InChI=1S/C25H24N4O2/c1-3-17(2)27-24(30)18-8-12-20(13-9-18)28-25(31)19-10-14-21(15-11-19)29-16-26-22-6-4-5-7-23(22)29/h4-17H,3H2,1-2H3,(H,27,30)(H,28,31). The lowest BCUT2D eigenvalue weighted by Crippen LogP contribution is -2.31. The Morgan fingerprint density at radius 2 is 1.55 bits per heavy atom. The van der Waals surface area contributed by atoms with E-state index in [-0.39, 0.29) is 17.9 Å². The number of nitrogens with zero attached hydrogens (tertiary/aromatic N) is 2. The Bertz CT molecular complexity index is 1210. The number of hydrogen-bond donors (Lipinski definition) is 2. The summed E-state index contributed by atoms with van der Waals surface area (Å²) in [6.45, 7) is 3.99. The molecule has 4 rings (SSSR count). The molecule has 0 aliphatic heterocycles. The van der Waals surface area contributed by atoms with Crippen molar-refractivity contribution in [1.82, 2.24) is 14.9 Å². The fourth-order valence-electron chi connectivity index (χ4n) is 3.26. The smallest absolute Gasteiger partial charge is 0.255 e. The number of carbonyl (C=O) groups is 2. The molecule has 4 aromatic rings. The van der Waals surface area contributed by atoms with Crippen molar-refractivity contribution in [2.24, 2.45) is 0 Å². The number of anilines is 1. The van der Waals surface area contributed by atoms with E-state index in [0.29, 0.717) is 16.8 Å². The predicted octanol–water partition coefficient (Wildman–Crippen LogP) is 4.81. The van der Waals surface area contributed by atoms with Crippen LogP contribution in [0, 0.1) is 0 Å². The van der Waals surface area contributed by atoms with Crippen LogP contribution in [0.2, 0.25) is 0 Å². The summed E-state index contributed by atoms with van der Waals surface area (Å²) in [6.07, 6.45) is 2.65. The molecule has 1 atom stereocenters. The molecular formula is C25H24N4O2. The van der Waals surface area contributed by atoms with Crippen LogP contribution in [0.1, 0.15) is 41.0 Å². The second-order valence-electron chi connectivity index (χ2n) is 7.46. The Morgan fingerprint density at radius 1 is 0.903 bits per heavy atom. The lowest BCUT2D eigenvalue weighted by Gasteiger charge is -2.12. The summed E-state index contributed by atoms with van der Waals surface area (Å²) < 4.78 is 1.99. The summed E-state index contributed by atoms with van der Waals surface area (Å²) in [5, 5.41) is 5.80. The number of rotatable bonds is 6. The van der Waals surface area contributed by atoms with Crippen LogP contribution in [-0.4, -0.2) is 27.4 Å². The minimum atomic E-state index is -0.209. The molecular weight excluding hydrogens is 388 g/mol. The SMILES string of the molecule is CCC(C)NC(=O)c1ccc(NC(=O)c2ccc(-n3cnc4ccccc43)cc2)cc1. The van der Waals surface area contributed by atoms with Gasteiger partial charge in [0.2, 0.25) is 0 Å². The minimum absolute atomic E-state index is 0.116. The largest absolute Gasteiger partial charge is 0.350 e. The van der Waals surface area contributed by atoms with E-state index in [1.165, 1.54) is 0 Å². The third-order valence-corrected chi connectivity index (χ3v) is 5.26. The summed E-state index contributed by atoms with van der Waals surface area (Å²) in [6, 6.07) is 22.3. The van der Waals surface area contributed by atoms with Gasteiger partial charge in [0, 0.05) is 28.5 Å². The van der Waals surface area contributed by atoms with Crippen molar-refractivity contribution in [3.63, 3.8) is 0 Å². The second-order valence-corrected chi connectivity index (χ2v) is 7.46. The van der Waals surface area contributed by atoms with Crippen LogP contribution in [0.25, 0.3) is 16.7 Å². The molecule has 0 bridgehead atoms. The molecule has 2 N–H and O–H groups in total. The molecule has 1 unspecified atom stereocenters. The maximum atomic E-state index is 12.6. The van der Waals surface area contributed by atoms with Crippen molar-refractivity contribution in [3.8, 4) is 5.69 Å². The molecule has 31 heavy (non-hydrogen) atoms. The maximum absolute atomic E-state index is 12.6. The minimum Gasteiger partial charge on any atom is -0.350 e. The van der Waals surface area contributed by atoms with Gasteiger partial charge in [-0.1, -0.05) is 19.1 Å². The first kappa shape index (κ1) is 20.3. The average Bonchev–Trinajstić information content (AvgIpc) is 3.23. The molecule has 3 aromatic carbocycles. The molecule has 0 aliphatic carbocycles. The predicted molar refractivity (Wildman–Crippen MR) is 123 cm³/mol. The first-order valence-corrected chi connectivity index (χ1v) is 10.3. The Labute approximate surface area is 180 Å². The van der Waals surface area contributed by atoms with Gasteiger partial charge in [-0.3, -0.25) is 14.2 Å². The first-order valence-electron chi connectivity index (χ1n) is 10.3. The van der Waals surface area contributed by atoms with Gasteiger partial charge >= 0.3 is 0 Å². The Hall–Kier alpha value is -3.93. The first-order chi connectivity index (χ1) is 15.0. The molecule has 0 aliphatic rings. The molecule has 1 aromatic heterocycles. The molecule has 156 valence electrons. The summed E-state index contributed by atoms with van der Waals surface area (Å²) >= 11 is 0. The molecule has 0 saturated carbocycles. The number of hydrogen-bond acceptors (Lipinski definition) is 3. The van der Waals surface area contributed by atoms with E-state index >= 15 is 0 Å². The van der Waals surface area contributed by atoms with Gasteiger partial charge in [0.15, 0.2) is 0 Å². The Balaban J connectivity index is 1.44. The number of benzene rings is 3. The van der Waals surface area contributed by atoms with E-state index in [1.54, 1.807) is 42.7 Å². The fraction of sp³-hybridized carbons (Fsp3) is 0.160. The number of para-hydroxylation sites is 2. The van der Waals surface area contributed by atoms with Crippen LogP contribution in [-0.2, 0) is 0 Å². The monoisotopic (exact) mass is 412 g/mol. The van der Waals surface area contributed by atoms with Crippen molar-refractivity contribution in [3.05, 3.63) is 90.3 Å². The van der Waals surface area contributed by atoms with Crippen molar-refractivity contribution in [1.29, 1.82) is 0 Å². The van der Waals surface area contributed by atoms with E-state index in [1.807, 2.05) is 54.8 Å². The fourth-order valence-corrected chi connectivity index (χ4v) is 3.26. The molecule has 1 heterocycles. The van der Waals surface area contributed by atoms with Crippen molar-refractivity contribution in [2.45, 2.75) is 26.3 Å². The highest BCUT2D eigenvalue weighted by atomic mass is 16.2. The Kier molecular flexibility index (Phi) is 5.80. The van der Waals surface area contributed by atoms with Crippen LogP contribution in [0.4, 0.5) is 5.69 Å². The average molecular weight is 412 g/mol. The van der Waals surface area contributed by atoms with Gasteiger partial charge in [0.1, 0.15) is 6.33 Å². The van der Waals surface area contributed by atoms with Crippen LogP contribution < -0.4 is 10.6 Å². The summed E-state index contributed by atoms with van der Waals surface area (Å²) in [5.74, 6) is -0.325. The molecule has 0 saturated heterocycles. The van der Waals surface area contributed by atoms with Gasteiger partial charge in [-0.05, 0) is 74.0 Å². The molecule has 6 heteroatoms. The van der Waals surface area contributed by atoms with Crippen LogP contribution in [0.3, 0.4) is 0 Å². The number of carbonyl (C=O) groups excluding carboxylic acids is 2. The summed E-state index contributed by atoms with van der Waals surface area (Å²) in [5.41, 5.74) is 4.61. The van der Waals surface area contributed by atoms with Gasteiger partial charge in [0.25, 0.3) is 11.8 Å². The third-order valence-electron chi connectivity index (χ3n) is 5.26. The number of aromatic nitrogens is 2. The normalized spacial score (nSPS) is 11.8. The number of imidazole rings is 1. The highest BCUT2D eigenvalue weighted by molar-refractivity contribution is 6.04. The summed E-state index contributed by atoms with van der Waals surface area (Å²) in [4.78, 5) is 29.2. The van der Waals surface area contributed by atoms with Crippen LogP contribution in [0.15, 0.2) is 79.1 Å². The zero-order chi connectivity index (χ0) is 21.8. The van der Waals surface area contributed by atoms with Crippen molar-refractivity contribution >= 4 is 28.5 Å². The highest BCUT2D eigenvalue weighted by Crippen LogP contribution is 2.19. The van der Waals surface area contributed by atoms with Crippen molar-refractivity contribution in [2.75, 3.05) is 5.32 Å². The topological polar surface area (TPSA) is 76.0 Å². The zero-order valence-electron chi connectivity index (χ0n) is 17.5. The second kappa shape index (κ2) is 8.83. The quantitative estimate of drug-likeness (QED) is 0.477. The number of amides is 2. The van der Waals surface area contributed by atoms with Crippen LogP contribution >= 0.6 is 0 Å². The zero-order valence-corrected chi connectivity index (χ0v) is 17.5. The lowest BCUT2D eigenvalue weighted by molar-refractivity contribution is 0.0938. The van der Waals surface area contributed by atoms with Crippen LogP contribution in [0.5, 0.6) is 0 Å². The molecule has 0 fully saturated rings. The molecule has 6 nitrogen and oxygen atoms in total. The molecule has 2 amide bonds. The van der Waals surface area contributed by atoms with Gasteiger partial charge in [-0.15, -0.1) is 0 Å². The highest BCUT2D eigenvalue weighted by Gasteiger charge is 2.11. The van der Waals surface area contributed by atoms with E-state index in [0.717, 1.165) is 23.1 Å². The number of nitrogens with one attached hydrogen (secondary N) is 2. The third kappa shape index (κ3) is 4.48. The van der Waals surface area contributed by atoms with Gasteiger partial charge in [-0.25, -0.2) is 4.98 Å². The van der Waals surface area contributed by atoms with Crippen molar-refractivity contribution < 1.29 is 9.59 Å². The van der Waals surface area contributed by atoms with E-state index in [2.05, 4.69) is 15.6 Å². The maximum Gasteiger partial charge on any atom is 0.255 e. The van der Waals surface area contributed by atoms with E-state index in [4.69, 9.17) is 0 Å². The van der Waals surface area contributed by atoms with Gasteiger partial charge < -0.3 is 10.6 Å². The summed E-state index contributed by atoms with van der Waals surface area (Å²) in [7, 11) is 0. The van der Waals surface area contributed by atoms with Gasteiger partial charge in [-0.2, -0.15) is 0 Å². The molecule has 0 radical (unpaired) electrons.